The molecule has 0 amide bonds. The number of hydrogen-bond acceptors (Lipinski definition) is 3. The first-order valence-electron chi connectivity index (χ1n) is 6.73. The molecule has 0 spiro atoms. The molecular weight excluding hydrogens is 238 g/mol. The van der Waals surface area contributed by atoms with E-state index in [0.717, 1.165) is 31.6 Å². The normalized spacial score (nSPS) is 14.8. The molecule has 0 saturated carbocycles. The fraction of sp³-hybridized carbons (Fsp3) is 0.312. The monoisotopic (exact) mass is 255 g/mol. The van der Waals surface area contributed by atoms with Gasteiger partial charge < -0.3 is 9.32 Å². The molecule has 0 atom stereocenters. The van der Waals surface area contributed by atoms with Gasteiger partial charge in [-0.15, -0.1) is 0 Å². The third-order valence-electron chi connectivity index (χ3n) is 3.60. The second kappa shape index (κ2) is 5.31. The molecule has 2 heterocycles. The number of aldehydes is 1. The maximum Gasteiger partial charge on any atom is 0.185 e. The van der Waals surface area contributed by atoms with Crippen LogP contribution in [0.3, 0.4) is 0 Å². The van der Waals surface area contributed by atoms with Crippen molar-refractivity contribution in [3.8, 4) is 0 Å². The predicted octanol–water partition coefficient (Wildman–Crippen LogP) is 3.44. The molecule has 3 heteroatoms. The number of carbonyl (C=O) groups is 1. The van der Waals surface area contributed by atoms with Gasteiger partial charge in [0.05, 0.1) is 6.54 Å². The van der Waals surface area contributed by atoms with Crippen molar-refractivity contribution in [2.75, 3.05) is 11.4 Å². The zero-order chi connectivity index (χ0) is 13.1. The summed E-state index contributed by atoms with van der Waals surface area (Å²) >= 11 is 0. The molecule has 1 aliphatic rings. The highest BCUT2D eigenvalue weighted by atomic mass is 16.3. The fourth-order valence-corrected chi connectivity index (χ4v) is 2.66. The van der Waals surface area contributed by atoms with Gasteiger partial charge in [0.25, 0.3) is 0 Å². The summed E-state index contributed by atoms with van der Waals surface area (Å²) in [5.41, 5.74) is 2.70. The number of fused-ring (bicyclic) bond motifs is 1. The Bertz CT molecular complexity index is 574. The number of benzene rings is 1. The number of anilines is 1. The van der Waals surface area contributed by atoms with Gasteiger partial charge in [-0.25, -0.2) is 0 Å². The summed E-state index contributed by atoms with van der Waals surface area (Å²) in [5, 5.41) is 0. The van der Waals surface area contributed by atoms with Crippen LogP contribution >= 0.6 is 0 Å². The van der Waals surface area contributed by atoms with Gasteiger partial charge in [0.15, 0.2) is 12.0 Å². The Labute approximate surface area is 112 Å². The maximum absolute atomic E-state index is 10.7. The van der Waals surface area contributed by atoms with Gasteiger partial charge in [-0.3, -0.25) is 4.79 Å². The molecule has 3 nitrogen and oxygen atoms in total. The molecule has 3 rings (SSSR count). The molecule has 1 aliphatic heterocycles. The fourth-order valence-electron chi connectivity index (χ4n) is 2.66. The lowest BCUT2D eigenvalue weighted by molar-refractivity contribution is 0.109. The summed E-state index contributed by atoms with van der Waals surface area (Å²) in [7, 11) is 0. The molecule has 0 fully saturated rings. The number of rotatable bonds is 3. The Morgan fingerprint density at radius 2 is 2.05 bits per heavy atom. The van der Waals surface area contributed by atoms with E-state index >= 15 is 0 Å². The van der Waals surface area contributed by atoms with Gasteiger partial charge in [0, 0.05) is 12.2 Å². The minimum atomic E-state index is 0.401. The van der Waals surface area contributed by atoms with Crippen LogP contribution in [0.2, 0.25) is 0 Å². The highest BCUT2D eigenvalue weighted by Gasteiger charge is 2.16. The highest BCUT2D eigenvalue weighted by molar-refractivity contribution is 5.70. The Hall–Kier alpha value is -2.03. The van der Waals surface area contributed by atoms with E-state index in [1.807, 2.05) is 6.07 Å². The summed E-state index contributed by atoms with van der Waals surface area (Å²) in [6.45, 7) is 1.76. The molecule has 0 unspecified atom stereocenters. The molecule has 2 aromatic rings. The number of aryl methyl sites for hydroxylation is 1. The molecule has 19 heavy (non-hydrogen) atoms. The van der Waals surface area contributed by atoms with Crippen molar-refractivity contribution in [3.63, 3.8) is 0 Å². The molecule has 0 N–H and O–H groups in total. The van der Waals surface area contributed by atoms with Crippen LogP contribution in [-0.2, 0) is 13.0 Å². The minimum absolute atomic E-state index is 0.401. The molecular formula is C16H17NO2. The van der Waals surface area contributed by atoms with Crippen molar-refractivity contribution >= 4 is 12.0 Å². The van der Waals surface area contributed by atoms with Crippen LogP contribution in [0.5, 0.6) is 0 Å². The SMILES string of the molecule is O=Cc1ccc(CN2CCCCc3ccccc32)o1. The van der Waals surface area contributed by atoms with Gasteiger partial charge in [-0.1, -0.05) is 18.2 Å². The van der Waals surface area contributed by atoms with Crippen molar-refractivity contribution in [3.05, 3.63) is 53.5 Å². The molecule has 1 aromatic carbocycles. The molecule has 0 bridgehead atoms. The topological polar surface area (TPSA) is 33.5 Å². The molecule has 0 saturated heterocycles. The summed E-state index contributed by atoms with van der Waals surface area (Å²) in [5.74, 6) is 1.25. The number of furan rings is 1. The quantitative estimate of drug-likeness (QED) is 0.788. The van der Waals surface area contributed by atoms with E-state index in [-0.39, 0.29) is 0 Å². The van der Waals surface area contributed by atoms with Crippen LogP contribution in [0, 0.1) is 0 Å². The minimum Gasteiger partial charge on any atom is -0.456 e. The van der Waals surface area contributed by atoms with E-state index in [4.69, 9.17) is 4.42 Å². The largest absolute Gasteiger partial charge is 0.456 e. The third kappa shape index (κ3) is 2.55. The van der Waals surface area contributed by atoms with Crippen LogP contribution in [-0.4, -0.2) is 12.8 Å². The smallest absolute Gasteiger partial charge is 0.185 e. The molecule has 1 aromatic heterocycles. The van der Waals surface area contributed by atoms with Gasteiger partial charge in [-0.2, -0.15) is 0 Å². The van der Waals surface area contributed by atoms with Gasteiger partial charge in [0.2, 0.25) is 0 Å². The second-order valence-corrected chi connectivity index (χ2v) is 4.93. The van der Waals surface area contributed by atoms with E-state index in [0.29, 0.717) is 5.76 Å². The Morgan fingerprint density at radius 3 is 2.89 bits per heavy atom. The standard InChI is InChI=1S/C16H17NO2/c18-12-15-9-8-14(19-15)11-17-10-4-3-6-13-5-1-2-7-16(13)17/h1-2,5,7-9,12H,3-4,6,10-11H2. The Morgan fingerprint density at radius 1 is 1.16 bits per heavy atom. The lowest BCUT2D eigenvalue weighted by atomic mass is 10.1. The molecule has 0 radical (unpaired) electrons. The summed E-state index contributed by atoms with van der Waals surface area (Å²) in [4.78, 5) is 13.0. The van der Waals surface area contributed by atoms with Gasteiger partial charge in [0.1, 0.15) is 5.76 Å². The second-order valence-electron chi connectivity index (χ2n) is 4.93. The third-order valence-corrected chi connectivity index (χ3v) is 3.60. The molecule has 98 valence electrons. The average Bonchev–Trinajstić information content (AvgIpc) is 2.80. The highest BCUT2D eigenvalue weighted by Crippen LogP contribution is 2.27. The van der Waals surface area contributed by atoms with Gasteiger partial charge >= 0.3 is 0 Å². The number of hydrogen-bond donors (Lipinski definition) is 0. The van der Waals surface area contributed by atoms with Crippen molar-refractivity contribution in [2.24, 2.45) is 0 Å². The van der Waals surface area contributed by atoms with Crippen LogP contribution in [0.1, 0.15) is 34.7 Å². The first-order valence-corrected chi connectivity index (χ1v) is 6.73. The Balaban J connectivity index is 1.85. The van der Waals surface area contributed by atoms with E-state index in [9.17, 15) is 4.79 Å². The number of para-hydroxylation sites is 1. The van der Waals surface area contributed by atoms with E-state index < -0.39 is 0 Å². The van der Waals surface area contributed by atoms with E-state index in [2.05, 4.69) is 29.2 Å². The number of nitrogens with zero attached hydrogens (tertiary/aromatic N) is 1. The first-order chi connectivity index (χ1) is 9.36. The first kappa shape index (κ1) is 12.0. The zero-order valence-corrected chi connectivity index (χ0v) is 10.8. The Kier molecular flexibility index (Phi) is 3.36. The van der Waals surface area contributed by atoms with Crippen molar-refractivity contribution in [1.29, 1.82) is 0 Å². The summed E-state index contributed by atoms with van der Waals surface area (Å²) < 4.78 is 5.48. The average molecular weight is 255 g/mol. The molecule has 0 aliphatic carbocycles. The van der Waals surface area contributed by atoms with Crippen LogP contribution in [0.4, 0.5) is 5.69 Å². The van der Waals surface area contributed by atoms with E-state index in [1.54, 1.807) is 6.07 Å². The zero-order valence-electron chi connectivity index (χ0n) is 10.8. The lowest BCUT2D eigenvalue weighted by Crippen LogP contribution is -2.23. The maximum atomic E-state index is 10.7. The van der Waals surface area contributed by atoms with Crippen LogP contribution in [0.25, 0.3) is 0 Å². The van der Waals surface area contributed by atoms with Crippen molar-refractivity contribution < 1.29 is 9.21 Å². The van der Waals surface area contributed by atoms with Gasteiger partial charge in [-0.05, 0) is 43.0 Å². The van der Waals surface area contributed by atoms with Crippen LogP contribution in [0.15, 0.2) is 40.8 Å². The lowest BCUT2D eigenvalue weighted by Gasteiger charge is -2.23. The van der Waals surface area contributed by atoms with E-state index in [1.165, 1.54) is 24.1 Å². The number of carbonyl (C=O) groups excluding carboxylic acids is 1. The summed E-state index contributed by atoms with van der Waals surface area (Å²) in [6, 6.07) is 12.2. The summed E-state index contributed by atoms with van der Waals surface area (Å²) in [6.07, 6.45) is 4.31. The van der Waals surface area contributed by atoms with Crippen molar-refractivity contribution in [2.45, 2.75) is 25.8 Å². The predicted molar refractivity (Wildman–Crippen MR) is 74.5 cm³/mol. The van der Waals surface area contributed by atoms with Crippen molar-refractivity contribution in [1.82, 2.24) is 0 Å². The van der Waals surface area contributed by atoms with Crippen LogP contribution < -0.4 is 4.90 Å².